The first-order valence-corrected chi connectivity index (χ1v) is 27.5. The molecule has 0 fully saturated rings. The summed E-state index contributed by atoms with van der Waals surface area (Å²) in [5, 5.41) is 40.0. The second-order valence-electron chi connectivity index (χ2n) is 18.9. The zero-order valence-corrected chi connectivity index (χ0v) is 45.0. The number of phosphoric acid groups is 2. The molecule has 2 unspecified atom stereocenters. The number of carboxylic acid groups (broad SMARTS) is 2. The van der Waals surface area contributed by atoms with Crippen molar-refractivity contribution in [3.05, 3.63) is 105 Å². The van der Waals surface area contributed by atoms with Crippen LogP contribution in [0.15, 0.2) is 71.9 Å². The van der Waals surface area contributed by atoms with Crippen LogP contribution in [0.4, 0.5) is 9.59 Å². The number of ether oxygens (including phenoxy) is 2. The van der Waals surface area contributed by atoms with Crippen molar-refractivity contribution in [2.24, 2.45) is 11.8 Å². The quantitative estimate of drug-likeness (QED) is 0.0181. The summed E-state index contributed by atoms with van der Waals surface area (Å²) in [5.74, 6) is -0.201. The Bertz CT molecular complexity index is 2100. The van der Waals surface area contributed by atoms with Gasteiger partial charge in [0.25, 0.3) is 0 Å². The maximum Gasteiger partial charge on any atom is 0.505 e. The molecule has 0 spiro atoms. The van der Waals surface area contributed by atoms with E-state index in [1.54, 1.807) is 12.1 Å². The van der Waals surface area contributed by atoms with Crippen molar-refractivity contribution in [2.45, 2.75) is 168 Å². The predicted octanol–water partition coefficient (Wildman–Crippen LogP) is 13.9. The van der Waals surface area contributed by atoms with Gasteiger partial charge in [0.05, 0.1) is 25.4 Å². The number of phosphoric ester groups is 2. The number of phenolic OH excluding ortho intramolecular Hbond substituents is 2. The Morgan fingerprint density at radius 3 is 1.26 bits per heavy atom. The third-order valence-corrected chi connectivity index (χ3v) is 14.0. The van der Waals surface area contributed by atoms with Crippen molar-refractivity contribution in [1.29, 1.82) is 0 Å². The van der Waals surface area contributed by atoms with Gasteiger partial charge in [-0.1, -0.05) is 99.3 Å². The number of hydrogen-bond donors (Lipinski definition) is 10. The van der Waals surface area contributed by atoms with E-state index in [4.69, 9.17) is 19.3 Å². The van der Waals surface area contributed by atoms with E-state index in [1.165, 1.54) is 11.1 Å². The summed E-state index contributed by atoms with van der Waals surface area (Å²) in [7, 11) is -9.78. The lowest BCUT2D eigenvalue weighted by atomic mass is 9.72. The van der Waals surface area contributed by atoms with Gasteiger partial charge < -0.3 is 61.8 Å². The van der Waals surface area contributed by atoms with Gasteiger partial charge in [-0.2, -0.15) is 0 Å². The van der Waals surface area contributed by atoms with Gasteiger partial charge in [0.2, 0.25) is 0 Å². The SMILES string of the molecule is C=C(C)[C@@H]1CCC(C)=C[C@H]1c1c(O)cc(CCCCC)cc1C(CCCOC(=O)O)OP(=O)(O)O.C=C(C)[C@@H]1CCC(C)=C[C@H]1c1c(O)cc(CCCCC)cc1C(CCCOC(=O)O)OP(=O)(O)O.N.N. The number of rotatable bonds is 26. The number of allylic oxidation sites excluding steroid dienone is 6. The Hall–Kier alpha value is -4.32. The van der Waals surface area contributed by atoms with Gasteiger partial charge in [0.1, 0.15) is 11.5 Å². The highest BCUT2D eigenvalue weighted by atomic mass is 31.2. The molecule has 0 saturated heterocycles. The van der Waals surface area contributed by atoms with E-state index in [1.807, 2.05) is 39.8 Å². The van der Waals surface area contributed by atoms with Crippen LogP contribution in [-0.4, -0.2) is 65.5 Å². The molecular formula is C52H84N2O16P2. The zero-order chi connectivity index (χ0) is 52.3. The van der Waals surface area contributed by atoms with Crippen LogP contribution in [0.3, 0.4) is 0 Å². The molecule has 0 amide bonds. The first-order valence-electron chi connectivity index (χ1n) is 24.4. The third kappa shape index (κ3) is 22.0. The molecule has 2 aromatic carbocycles. The minimum Gasteiger partial charge on any atom is -0.508 e. The standard InChI is InChI=1S/2C26H39O8P.2H3N/c2*1-5-6-7-9-19-15-22(24(34-35(30,31)32)10-8-13-33-26(28)29)25(23(27)16-19)21-14-18(4)11-12-20(21)17(2)3;;/h2*14-16,20-21,24,27H,2,5-13H2,1,3-4H3,(H,28,29)(H2,30,31,32);2*1H3/t2*20-,21+,24?;;/m00../s1. The number of aromatic hydroxyl groups is 2. The second-order valence-corrected chi connectivity index (χ2v) is 21.3. The lowest BCUT2D eigenvalue weighted by molar-refractivity contribution is 0.0796. The van der Waals surface area contributed by atoms with Crippen molar-refractivity contribution in [1.82, 2.24) is 12.3 Å². The molecule has 72 heavy (non-hydrogen) atoms. The van der Waals surface area contributed by atoms with Crippen LogP contribution in [-0.2, 0) is 40.5 Å². The molecule has 6 atom stereocenters. The van der Waals surface area contributed by atoms with Crippen LogP contribution in [0.1, 0.15) is 189 Å². The fraction of sp³-hybridized carbons (Fsp3) is 0.577. The molecule has 2 aliphatic rings. The van der Waals surface area contributed by atoms with Crippen LogP contribution in [0.25, 0.3) is 0 Å². The number of aryl methyl sites for hydroxylation is 2. The molecule has 0 saturated carbocycles. The monoisotopic (exact) mass is 1050 g/mol. The van der Waals surface area contributed by atoms with Gasteiger partial charge in [-0.05, 0) is 151 Å². The van der Waals surface area contributed by atoms with E-state index in [9.17, 15) is 48.5 Å². The van der Waals surface area contributed by atoms with Gasteiger partial charge in [-0.25, -0.2) is 18.7 Å². The van der Waals surface area contributed by atoms with Gasteiger partial charge in [0, 0.05) is 23.0 Å². The van der Waals surface area contributed by atoms with Crippen LogP contribution in [0.2, 0.25) is 0 Å². The van der Waals surface area contributed by atoms with E-state index < -0.39 is 40.2 Å². The third-order valence-electron chi connectivity index (χ3n) is 13.0. The molecule has 0 aliphatic heterocycles. The molecule has 0 radical (unpaired) electrons. The van der Waals surface area contributed by atoms with E-state index in [-0.39, 0.29) is 86.4 Å². The van der Waals surface area contributed by atoms with Crippen LogP contribution in [0, 0.1) is 11.8 Å². The number of phenols is 2. The Morgan fingerprint density at radius 2 is 0.972 bits per heavy atom. The van der Waals surface area contributed by atoms with Gasteiger partial charge in [0.15, 0.2) is 0 Å². The number of unbranched alkanes of at least 4 members (excludes halogenated alkanes) is 4. The molecule has 0 heterocycles. The summed E-state index contributed by atoms with van der Waals surface area (Å²) in [5.41, 5.74) is 8.19. The van der Waals surface area contributed by atoms with Crippen molar-refractivity contribution >= 4 is 28.0 Å². The average Bonchev–Trinajstić information content (AvgIpc) is 3.24. The maximum atomic E-state index is 11.9. The maximum absolute atomic E-state index is 11.9. The Morgan fingerprint density at radius 1 is 0.625 bits per heavy atom. The molecule has 2 aliphatic carbocycles. The Labute approximate surface area is 426 Å². The molecule has 4 rings (SSSR count). The molecule has 2 aromatic rings. The molecule has 18 nitrogen and oxygen atoms in total. The fourth-order valence-electron chi connectivity index (χ4n) is 9.68. The predicted molar refractivity (Wildman–Crippen MR) is 279 cm³/mol. The van der Waals surface area contributed by atoms with Crippen molar-refractivity contribution in [3.63, 3.8) is 0 Å². The first kappa shape index (κ1) is 65.7. The minimum absolute atomic E-state index is 0. The lowest BCUT2D eigenvalue weighted by Gasteiger charge is -2.34. The van der Waals surface area contributed by atoms with E-state index >= 15 is 0 Å². The summed E-state index contributed by atoms with van der Waals surface area (Å²) in [4.78, 5) is 60.1. The van der Waals surface area contributed by atoms with Crippen LogP contribution < -0.4 is 12.3 Å². The Balaban J connectivity index is 0.000000701. The molecule has 14 N–H and O–H groups in total. The molecule has 0 aromatic heterocycles. The topological polar surface area (TPSA) is 337 Å². The molecular weight excluding hydrogens is 971 g/mol. The number of carbonyl (C=O) groups is 2. The minimum atomic E-state index is -4.89. The van der Waals surface area contributed by atoms with Crippen LogP contribution >= 0.6 is 15.6 Å². The zero-order valence-electron chi connectivity index (χ0n) is 43.2. The van der Waals surface area contributed by atoms with Gasteiger partial charge in [-0.3, -0.25) is 9.05 Å². The summed E-state index contributed by atoms with van der Waals surface area (Å²) < 4.78 is 43.4. The highest BCUT2D eigenvalue weighted by Gasteiger charge is 2.36. The summed E-state index contributed by atoms with van der Waals surface area (Å²) in [6, 6.07) is 7.22. The normalized spacial score (nSPS) is 18.6. The fourth-order valence-corrected chi connectivity index (χ4v) is 10.8. The summed E-state index contributed by atoms with van der Waals surface area (Å²) in [6.45, 7) is 20.2. The molecule has 20 heteroatoms. The first-order chi connectivity index (χ1) is 32.8. The number of benzene rings is 2. The summed E-state index contributed by atoms with van der Waals surface area (Å²) >= 11 is 0. The lowest BCUT2D eigenvalue weighted by Crippen LogP contribution is -2.20. The summed E-state index contributed by atoms with van der Waals surface area (Å²) in [6.07, 6.45) is 10.8. The smallest absolute Gasteiger partial charge is 0.505 e. The van der Waals surface area contributed by atoms with Crippen molar-refractivity contribution < 1.29 is 77.2 Å². The van der Waals surface area contributed by atoms with E-state index in [0.717, 1.165) is 86.5 Å². The highest BCUT2D eigenvalue weighted by Crippen LogP contribution is 2.52. The number of hydrogen-bond acceptors (Lipinski definition) is 12. The highest BCUT2D eigenvalue weighted by molar-refractivity contribution is 7.46. The Kier molecular flexibility index (Phi) is 28.7. The second kappa shape index (κ2) is 31.4. The van der Waals surface area contributed by atoms with Crippen LogP contribution in [0.5, 0.6) is 11.5 Å². The molecule has 408 valence electrons. The van der Waals surface area contributed by atoms with E-state index in [0.29, 0.717) is 35.1 Å². The van der Waals surface area contributed by atoms with E-state index in [2.05, 4.69) is 48.6 Å². The average molecular weight is 1060 g/mol. The largest absolute Gasteiger partial charge is 0.508 e. The molecule has 0 bridgehead atoms. The van der Waals surface area contributed by atoms with Crippen molar-refractivity contribution in [2.75, 3.05) is 13.2 Å². The van der Waals surface area contributed by atoms with Gasteiger partial charge in [-0.15, -0.1) is 0 Å². The van der Waals surface area contributed by atoms with Gasteiger partial charge >= 0.3 is 28.0 Å². The van der Waals surface area contributed by atoms with Crippen molar-refractivity contribution in [3.8, 4) is 11.5 Å².